The van der Waals surface area contributed by atoms with Crippen LogP contribution in [0.3, 0.4) is 0 Å². The van der Waals surface area contributed by atoms with E-state index >= 15 is 0 Å². The fourth-order valence-electron chi connectivity index (χ4n) is 2.25. The Balaban J connectivity index is 1.93. The summed E-state index contributed by atoms with van der Waals surface area (Å²) in [4.78, 5) is 4.69. The summed E-state index contributed by atoms with van der Waals surface area (Å²) >= 11 is 1.76. The minimum Gasteiger partial charge on any atom is -0.236 e. The molecule has 0 spiro atoms. The number of hydrogen-bond acceptors (Lipinski definition) is 2. The van der Waals surface area contributed by atoms with Crippen LogP contribution in [-0.2, 0) is 6.42 Å². The fourth-order valence-corrected chi connectivity index (χ4v) is 3.22. The van der Waals surface area contributed by atoms with Gasteiger partial charge in [-0.05, 0) is 30.0 Å². The summed E-state index contributed by atoms with van der Waals surface area (Å²) < 4.78 is 1.25. The standard InChI is InChI=1S/C17H17NS/c1-12(2)11-13-7-9-14(10-8-13)17-18-15-5-3-4-6-16(15)19-17/h3-10,12H,11H2,1-2H3. The van der Waals surface area contributed by atoms with Gasteiger partial charge in [0.05, 0.1) is 10.2 Å². The van der Waals surface area contributed by atoms with Gasteiger partial charge in [-0.2, -0.15) is 0 Å². The molecule has 0 saturated heterocycles. The SMILES string of the molecule is CC(C)Cc1ccc(-c2nc3ccccc3s2)cc1. The van der Waals surface area contributed by atoms with E-state index in [1.807, 2.05) is 6.07 Å². The second-order valence-corrected chi connectivity index (χ2v) is 6.31. The van der Waals surface area contributed by atoms with Gasteiger partial charge in [-0.15, -0.1) is 11.3 Å². The lowest BCUT2D eigenvalue weighted by Crippen LogP contribution is -1.93. The highest BCUT2D eigenvalue weighted by Crippen LogP contribution is 2.30. The first-order chi connectivity index (χ1) is 9.22. The Morgan fingerprint density at radius 2 is 1.74 bits per heavy atom. The summed E-state index contributed by atoms with van der Waals surface area (Å²) in [6.07, 6.45) is 1.14. The van der Waals surface area contributed by atoms with Gasteiger partial charge in [0.25, 0.3) is 0 Å². The zero-order chi connectivity index (χ0) is 13.2. The van der Waals surface area contributed by atoms with Crippen molar-refractivity contribution in [3.63, 3.8) is 0 Å². The molecule has 2 heteroatoms. The van der Waals surface area contributed by atoms with Crippen LogP contribution in [0.15, 0.2) is 48.5 Å². The molecule has 1 aromatic heterocycles. The molecule has 0 saturated carbocycles. The molecule has 0 N–H and O–H groups in total. The van der Waals surface area contributed by atoms with E-state index in [-0.39, 0.29) is 0 Å². The second kappa shape index (κ2) is 5.14. The van der Waals surface area contributed by atoms with Crippen LogP contribution in [0.2, 0.25) is 0 Å². The molecule has 1 heterocycles. The van der Waals surface area contributed by atoms with Crippen LogP contribution in [0.25, 0.3) is 20.8 Å². The van der Waals surface area contributed by atoms with E-state index in [1.54, 1.807) is 11.3 Å². The first kappa shape index (κ1) is 12.4. The number of hydrogen-bond donors (Lipinski definition) is 0. The monoisotopic (exact) mass is 267 g/mol. The third-order valence-electron chi connectivity index (χ3n) is 3.14. The van der Waals surface area contributed by atoms with E-state index < -0.39 is 0 Å². The van der Waals surface area contributed by atoms with E-state index in [9.17, 15) is 0 Å². The normalized spacial score (nSPS) is 11.3. The van der Waals surface area contributed by atoms with Gasteiger partial charge >= 0.3 is 0 Å². The summed E-state index contributed by atoms with van der Waals surface area (Å²) in [6, 6.07) is 17.1. The molecule has 3 rings (SSSR count). The molecule has 0 radical (unpaired) electrons. The molecule has 2 aromatic carbocycles. The number of benzene rings is 2. The van der Waals surface area contributed by atoms with Crippen LogP contribution < -0.4 is 0 Å². The molecular weight excluding hydrogens is 250 g/mol. The minimum atomic E-state index is 0.702. The maximum absolute atomic E-state index is 4.69. The summed E-state index contributed by atoms with van der Waals surface area (Å²) in [7, 11) is 0. The van der Waals surface area contributed by atoms with Crippen molar-refractivity contribution in [2.45, 2.75) is 20.3 Å². The Morgan fingerprint density at radius 1 is 1.00 bits per heavy atom. The molecule has 0 aliphatic carbocycles. The van der Waals surface area contributed by atoms with Crippen molar-refractivity contribution >= 4 is 21.6 Å². The van der Waals surface area contributed by atoms with E-state index in [0.717, 1.165) is 16.9 Å². The third kappa shape index (κ3) is 2.69. The Kier molecular flexibility index (Phi) is 3.34. The molecule has 0 aliphatic heterocycles. The smallest absolute Gasteiger partial charge is 0.124 e. The van der Waals surface area contributed by atoms with Gasteiger partial charge in [0.15, 0.2) is 0 Å². The molecule has 96 valence electrons. The van der Waals surface area contributed by atoms with E-state index in [2.05, 4.69) is 56.3 Å². The highest BCUT2D eigenvalue weighted by atomic mass is 32.1. The first-order valence-corrected chi connectivity index (χ1v) is 7.49. The number of rotatable bonds is 3. The van der Waals surface area contributed by atoms with Crippen LogP contribution in [0.1, 0.15) is 19.4 Å². The topological polar surface area (TPSA) is 12.9 Å². The number of aromatic nitrogens is 1. The molecule has 0 atom stereocenters. The van der Waals surface area contributed by atoms with Crippen molar-refractivity contribution in [3.8, 4) is 10.6 Å². The molecule has 19 heavy (non-hydrogen) atoms. The quantitative estimate of drug-likeness (QED) is 0.638. The predicted octanol–water partition coefficient (Wildman–Crippen LogP) is 5.16. The maximum Gasteiger partial charge on any atom is 0.124 e. The van der Waals surface area contributed by atoms with Gasteiger partial charge in [0, 0.05) is 5.56 Å². The van der Waals surface area contributed by atoms with Crippen LogP contribution in [-0.4, -0.2) is 4.98 Å². The van der Waals surface area contributed by atoms with E-state index in [1.165, 1.54) is 15.8 Å². The molecule has 0 bridgehead atoms. The molecule has 3 aromatic rings. The van der Waals surface area contributed by atoms with Crippen LogP contribution in [0.4, 0.5) is 0 Å². The second-order valence-electron chi connectivity index (χ2n) is 5.28. The lowest BCUT2D eigenvalue weighted by Gasteiger charge is -2.05. The average molecular weight is 267 g/mol. The molecule has 0 amide bonds. The minimum absolute atomic E-state index is 0.702. The van der Waals surface area contributed by atoms with Crippen LogP contribution >= 0.6 is 11.3 Å². The van der Waals surface area contributed by atoms with Gasteiger partial charge in [-0.1, -0.05) is 50.2 Å². The van der Waals surface area contributed by atoms with Gasteiger partial charge in [-0.25, -0.2) is 4.98 Å². The predicted molar refractivity (Wildman–Crippen MR) is 83.6 cm³/mol. The highest BCUT2D eigenvalue weighted by molar-refractivity contribution is 7.21. The van der Waals surface area contributed by atoms with Crippen molar-refractivity contribution in [2.24, 2.45) is 5.92 Å². The van der Waals surface area contributed by atoms with E-state index in [4.69, 9.17) is 4.98 Å². The summed E-state index contributed by atoms with van der Waals surface area (Å²) in [5.41, 5.74) is 3.71. The van der Waals surface area contributed by atoms with Crippen molar-refractivity contribution in [1.29, 1.82) is 0 Å². The molecule has 0 fully saturated rings. The number of para-hydroxylation sites is 1. The zero-order valence-electron chi connectivity index (χ0n) is 11.3. The van der Waals surface area contributed by atoms with Crippen molar-refractivity contribution < 1.29 is 0 Å². The highest BCUT2D eigenvalue weighted by Gasteiger charge is 2.06. The van der Waals surface area contributed by atoms with Gasteiger partial charge in [-0.3, -0.25) is 0 Å². The molecule has 1 nitrogen and oxygen atoms in total. The number of thiazole rings is 1. The average Bonchev–Trinajstić information content (AvgIpc) is 2.82. The van der Waals surface area contributed by atoms with E-state index in [0.29, 0.717) is 5.92 Å². The Bertz CT molecular complexity index is 647. The van der Waals surface area contributed by atoms with Gasteiger partial charge < -0.3 is 0 Å². The van der Waals surface area contributed by atoms with Crippen molar-refractivity contribution in [2.75, 3.05) is 0 Å². The van der Waals surface area contributed by atoms with Crippen molar-refractivity contribution in [1.82, 2.24) is 4.98 Å². The van der Waals surface area contributed by atoms with Crippen LogP contribution in [0, 0.1) is 5.92 Å². The van der Waals surface area contributed by atoms with Crippen molar-refractivity contribution in [3.05, 3.63) is 54.1 Å². The molecule has 0 unspecified atom stereocenters. The van der Waals surface area contributed by atoms with Crippen LogP contribution in [0.5, 0.6) is 0 Å². The zero-order valence-corrected chi connectivity index (χ0v) is 12.1. The van der Waals surface area contributed by atoms with Gasteiger partial charge in [0.2, 0.25) is 0 Å². The lowest BCUT2D eigenvalue weighted by atomic mass is 10.0. The molecular formula is C17H17NS. The summed E-state index contributed by atoms with van der Waals surface area (Å²) in [6.45, 7) is 4.50. The Hall–Kier alpha value is -1.67. The lowest BCUT2D eigenvalue weighted by molar-refractivity contribution is 0.647. The Morgan fingerprint density at radius 3 is 2.42 bits per heavy atom. The number of nitrogens with zero attached hydrogens (tertiary/aromatic N) is 1. The number of fused-ring (bicyclic) bond motifs is 1. The first-order valence-electron chi connectivity index (χ1n) is 6.67. The van der Waals surface area contributed by atoms with Gasteiger partial charge in [0.1, 0.15) is 5.01 Å². The maximum atomic E-state index is 4.69. The third-order valence-corrected chi connectivity index (χ3v) is 4.22. The molecule has 0 aliphatic rings. The summed E-state index contributed by atoms with van der Waals surface area (Å²) in [5, 5.41) is 1.11. The Labute approximate surface area is 117 Å². The largest absolute Gasteiger partial charge is 0.236 e. The fraction of sp³-hybridized carbons (Fsp3) is 0.235. The summed E-state index contributed by atoms with van der Waals surface area (Å²) in [5.74, 6) is 0.702.